The summed E-state index contributed by atoms with van der Waals surface area (Å²) in [5.41, 5.74) is 6.79. The van der Waals surface area contributed by atoms with Crippen molar-refractivity contribution < 1.29 is 0 Å². The standard InChI is InChI=1S/C13H12BrNS/c14-12-6-1-2-7-13(12)16-11-5-3-4-10(8-11)9-15/h1-8H,9,15H2. The zero-order chi connectivity index (χ0) is 11.4. The van der Waals surface area contributed by atoms with Gasteiger partial charge in [-0.25, -0.2) is 0 Å². The Morgan fingerprint density at radius 1 is 1.06 bits per heavy atom. The maximum atomic E-state index is 5.62. The fourth-order valence-corrected chi connectivity index (χ4v) is 2.84. The van der Waals surface area contributed by atoms with Gasteiger partial charge in [0.1, 0.15) is 0 Å². The van der Waals surface area contributed by atoms with E-state index in [4.69, 9.17) is 5.73 Å². The van der Waals surface area contributed by atoms with Crippen molar-refractivity contribution in [2.24, 2.45) is 5.73 Å². The van der Waals surface area contributed by atoms with Crippen LogP contribution in [0.15, 0.2) is 62.8 Å². The molecule has 2 aromatic rings. The van der Waals surface area contributed by atoms with Gasteiger partial charge in [0.25, 0.3) is 0 Å². The lowest BCUT2D eigenvalue weighted by Gasteiger charge is -2.05. The first-order valence-electron chi connectivity index (χ1n) is 5.01. The Hall–Kier alpha value is -0.770. The zero-order valence-corrected chi connectivity index (χ0v) is 11.1. The van der Waals surface area contributed by atoms with Crippen molar-refractivity contribution in [2.45, 2.75) is 16.3 Å². The third-order valence-corrected chi connectivity index (χ3v) is 4.22. The third-order valence-electron chi connectivity index (χ3n) is 2.20. The van der Waals surface area contributed by atoms with E-state index in [-0.39, 0.29) is 0 Å². The fraction of sp³-hybridized carbons (Fsp3) is 0.0769. The number of hydrogen-bond acceptors (Lipinski definition) is 2. The van der Waals surface area contributed by atoms with Gasteiger partial charge in [0.15, 0.2) is 0 Å². The van der Waals surface area contributed by atoms with Gasteiger partial charge in [0, 0.05) is 20.8 Å². The second-order valence-corrected chi connectivity index (χ2v) is 5.35. The molecule has 1 nitrogen and oxygen atoms in total. The van der Waals surface area contributed by atoms with Crippen molar-refractivity contribution in [3.05, 3.63) is 58.6 Å². The SMILES string of the molecule is NCc1cccc(Sc2ccccc2Br)c1. The molecular formula is C13H12BrNS. The summed E-state index contributed by atoms with van der Waals surface area (Å²) < 4.78 is 1.12. The monoisotopic (exact) mass is 293 g/mol. The van der Waals surface area contributed by atoms with Gasteiger partial charge in [0.05, 0.1) is 0 Å². The van der Waals surface area contributed by atoms with Crippen LogP contribution in [-0.4, -0.2) is 0 Å². The molecule has 0 aliphatic carbocycles. The molecule has 0 bridgehead atoms. The molecule has 0 saturated heterocycles. The molecule has 2 N–H and O–H groups in total. The Morgan fingerprint density at radius 2 is 1.88 bits per heavy atom. The molecule has 0 amide bonds. The largest absolute Gasteiger partial charge is 0.326 e. The predicted octanol–water partition coefficient (Wildman–Crippen LogP) is 4.06. The van der Waals surface area contributed by atoms with E-state index in [2.05, 4.69) is 40.2 Å². The first kappa shape index (κ1) is 11.7. The van der Waals surface area contributed by atoms with Gasteiger partial charge in [0.2, 0.25) is 0 Å². The number of hydrogen-bond donors (Lipinski definition) is 1. The minimum Gasteiger partial charge on any atom is -0.326 e. The summed E-state index contributed by atoms with van der Waals surface area (Å²) in [5, 5.41) is 0. The van der Waals surface area contributed by atoms with Crippen molar-refractivity contribution in [3.63, 3.8) is 0 Å². The van der Waals surface area contributed by atoms with Crippen LogP contribution in [0.2, 0.25) is 0 Å². The average Bonchev–Trinajstić information content (AvgIpc) is 2.32. The molecule has 2 rings (SSSR count). The van der Waals surface area contributed by atoms with E-state index >= 15 is 0 Å². The summed E-state index contributed by atoms with van der Waals surface area (Å²) >= 11 is 5.29. The molecule has 0 aliphatic rings. The normalized spacial score (nSPS) is 10.4. The molecular weight excluding hydrogens is 282 g/mol. The van der Waals surface area contributed by atoms with Crippen LogP contribution in [0.25, 0.3) is 0 Å². The Labute approximate surface area is 108 Å². The van der Waals surface area contributed by atoms with Crippen LogP contribution in [0.5, 0.6) is 0 Å². The van der Waals surface area contributed by atoms with E-state index in [1.54, 1.807) is 11.8 Å². The average molecular weight is 294 g/mol. The lowest BCUT2D eigenvalue weighted by Crippen LogP contribution is -1.95. The second-order valence-electron chi connectivity index (χ2n) is 3.38. The smallest absolute Gasteiger partial charge is 0.0314 e. The summed E-state index contributed by atoms with van der Waals surface area (Å²) in [6.07, 6.45) is 0. The highest BCUT2D eigenvalue weighted by Crippen LogP contribution is 2.33. The molecule has 3 heteroatoms. The van der Waals surface area contributed by atoms with Crippen LogP contribution in [0.4, 0.5) is 0 Å². The predicted molar refractivity (Wildman–Crippen MR) is 72.6 cm³/mol. The van der Waals surface area contributed by atoms with Gasteiger partial charge in [-0.3, -0.25) is 0 Å². The highest BCUT2D eigenvalue weighted by Gasteiger charge is 2.01. The number of benzene rings is 2. The van der Waals surface area contributed by atoms with E-state index < -0.39 is 0 Å². The molecule has 0 heterocycles. The van der Waals surface area contributed by atoms with Crippen LogP contribution in [0.1, 0.15) is 5.56 Å². The quantitative estimate of drug-likeness (QED) is 0.924. The van der Waals surface area contributed by atoms with Crippen molar-refractivity contribution in [1.29, 1.82) is 0 Å². The van der Waals surface area contributed by atoms with Crippen LogP contribution in [-0.2, 0) is 6.54 Å². The molecule has 82 valence electrons. The van der Waals surface area contributed by atoms with E-state index in [0.717, 1.165) is 10.0 Å². The first-order valence-corrected chi connectivity index (χ1v) is 6.62. The first-order chi connectivity index (χ1) is 7.79. The fourth-order valence-electron chi connectivity index (χ4n) is 1.39. The van der Waals surface area contributed by atoms with E-state index in [9.17, 15) is 0 Å². The van der Waals surface area contributed by atoms with Crippen molar-refractivity contribution in [3.8, 4) is 0 Å². The molecule has 0 aliphatic heterocycles. The molecule has 0 saturated carbocycles. The number of nitrogens with two attached hydrogens (primary N) is 1. The van der Waals surface area contributed by atoms with Gasteiger partial charge in [-0.2, -0.15) is 0 Å². The summed E-state index contributed by atoms with van der Waals surface area (Å²) in [6.45, 7) is 0.588. The Kier molecular flexibility index (Phi) is 4.04. The molecule has 0 unspecified atom stereocenters. The summed E-state index contributed by atoms with van der Waals surface area (Å²) in [4.78, 5) is 2.44. The Balaban J connectivity index is 2.24. The van der Waals surface area contributed by atoms with Gasteiger partial charge < -0.3 is 5.73 Å². The van der Waals surface area contributed by atoms with Crippen molar-refractivity contribution in [2.75, 3.05) is 0 Å². The minimum absolute atomic E-state index is 0.588. The molecule has 2 aromatic carbocycles. The van der Waals surface area contributed by atoms with Gasteiger partial charge in [-0.1, -0.05) is 36.0 Å². The molecule has 0 spiro atoms. The highest BCUT2D eigenvalue weighted by atomic mass is 79.9. The zero-order valence-electron chi connectivity index (χ0n) is 8.69. The summed E-state index contributed by atoms with van der Waals surface area (Å²) in [5.74, 6) is 0. The van der Waals surface area contributed by atoms with E-state index in [0.29, 0.717) is 6.54 Å². The summed E-state index contributed by atoms with van der Waals surface area (Å²) in [7, 11) is 0. The van der Waals surface area contributed by atoms with Gasteiger partial charge in [-0.15, -0.1) is 0 Å². The van der Waals surface area contributed by atoms with Crippen LogP contribution in [0.3, 0.4) is 0 Å². The lowest BCUT2D eigenvalue weighted by molar-refractivity contribution is 1.06. The molecule has 16 heavy (non-hydrogen) atoms. The lowest BCUT2D eigenvalue weighted by atomic mass is 10.2. The number of halogens is 1. The second kappa shape index (κ2) is 5.53. The topological polar surface area (TPSA) is 26.0 Å². The van der Waals surface area contributed by atoms with E-state index in [1.807, 2.05) is 24.3 Å². The summed E-state index contributed by atoms with van der Waals surface area (Å²) in [6, 6.07) is 16.5. The maximum Gasteiger partial charge on any atom is 0.0314 e. The van der Waals surface area contributed by atoms with Crippen LogP contribution in [0, 0.1) is 0 Å². The van der Waals surface area contributed by atoms with Crippen LogP contribution < -0.4 is 5.73 Å². The number of rotatable bonds is 3. The Bertz CT molecular complexity index is 485. The molecule has 0 fully saturated rings. The molecule has 0 atom stereocenters. The van der Waals surface area contributed by atoms with Crippen molar-refractivity contribution in [1.82, 2.24) is 0 Å². The maximum absolute atomic E-state index is 5.62. The Morgan fingerprint density at radius 3 is 2.62 bits per heavy atom. The van der Waals surface area contributed by atoms with E-state index in [1.165, 1.54) is 9.79 Å². The molecule has 0 radical (unpaired) electrons. The van der Waals surface area contributed by atoms with Crippen molar-refractivity contribution >= 4 is 27.7 Å². The third kappa shape index (κ3) is 2.88. The van der Waals surface area contributed by atoms with Gasteiger partial charge >= 0.3 is 0 Å². The highest BCUT2D eigenvalue weighted by molar-refractivity contribution is 9.10. The van der Waals surface area contributed by atoms with Gasteiger partial charge in [-0.05, 0) is 45.8 Å². The minimum atomic E-state index is 0.588. The van der Waals surface area contributed by atoms with Crippen LogP contribution >= 0.6 is 27.7 Å². The molecule has 0 aromatic heterocycles.